The molecule has 0 aliphatic carbocycles. The Morgan fingerprint density at radius 3 is 3.00 bits per heavy atom. The molecular weight excluding hydrogens is 401 g/mol. The van der Waals surface area contributed by atoms with Gasteiger partial charge in [0.15, 0.2) is 0 Å². The van der Waals surface area contributed by atoms with Gasteiger partial charge in [0.1, 0.15) is 18.2 Å². The quantitative estimate of drug-likeness (QED) is 0.690. The van der Waals surface area contributed by atoms with Crippen molar-refractivity contribution in [3.63, 3.8) is 0 Å². The van der Waals surface area contributed by atoms with Crippen molar-refractivity contribution in [3.05, 3.63) is 56.9 Å². The van der Waals surface area contributed by atoms with Gasteiger partial charge < -0.3 is 10.1 Å². The fraction of sp³-hybridized carbons (Fsp3) is 0.250. The maximum Gasteiger partial charge on any atom is 0.412 e. The highest BCUT2D eigenvalue weighted by Gasteiger charge is 2.07. The summed E-state index contributed by atoms with van der Waals surface area (Å²) in [6, 6.07) is 6.36. The van der Waals surface area contributed by atoms with Crippen LogP contribution in [0.25, 0.3) is 0 Å². The molecule has 1 amide bonds. The molecule has 0 atom stereocenters. The second-order valence-electron chi connectivity index (χ2n) is 4.97. The average Bonchev–Trinajstić information content (AvgIpc) is 2.54. The third kappa shape index (κ3) is 5.43. The van der Waals surface area contributed by atoms with Gasteiger partial charge in [-0.05, 0) is 46.1 Å². The minimum absolute atomic E-state index is 0.0975. The highest BCUT2D eigenvalue weighted by Crippen LogP contribution is 2.19. The lowest BCUT2D eigenvalue weighted by atomic mass is 10.2. The first kappa shape index (κ1) is 18.6. The number of halogens is 3. The monoisotopic (exact) mass is 415 g/mol. The van der Waals surface area contributed by atoms with E-state index in [0.717, 1.165) is 10.0 Å². The van der Waals surface area contributed by atoms with Crippen molar-refractivity contribution in [1.82, 2.24) is 10.3 Å². The molecule has 1 aromatic heterocycles. The zero-order valence-electron chi connectivity index (χ0n) is 12.9. The number of amides is 1. The molecule has 5 nitrogen and oxygen atoms in total. The molecule has 0 spiro atoms. The Morgan fingerprint density at radius 1 is 1.46 bits per heavy atom. The van der Waals surface area contributed by atoms with Gasteiger partial charge in [0.25, 0.3) is 0 Å². The number of aromatic nitrogens is 1. The van der Waals surface area contributed by atoms with Crippen LogP contribution in [0.15, 0.2) is 34.9 Å². The van der Waals surface area contributed by atoms with Crippen molar-refractivity contribution >= 4 is 39.4 Å². The molecule has 0 saturated carbocycles. The number of pyridine rings is 1. The number of ether oxygens (including phenoxy) is 1. The van der Waals surface area contributed by atoms with Gasteiger partial charge >= 0.3 is 6.09 Å². The van der Waals surface area contributed by atoms with Crippen LogP contribution in [0.3, 0.4) is 0 Å². The van der Waals surface area contributed by atoms with Crippen molar-refractivity contribution < 1.29 is 13.9 Å². The molecule has 2 aromatic rings. The van der Waals surface area contributed by atoms with Crippen LogP contribution in [-0.4, -0.2) is 24.2 Å². The molecule has 2 rings (SSSR count). The van der Waals surface area contributed by atoms with Crippen LogP contribution in [0, 0.1) is 12.7 Å². The van der Waals surface area contributed by atoms with E-state index >= 15 is 0 Å². The summed E-state index contributed by atoms with van der Waals surface area (Å²) < 4.78 is 19.2. The number of anilines is 1. The van der Waals surface area contributed by atoms with E-state index in [1.807, 2.05) is 6.92 Å². The zero-order valence-corrected chi connectivity index (χ0v) is 15.2. The van der Waals surface area contributed by atoms with Crippen LogP contribution >= 0.6 is 27.5 Å². The minimum atomic E-state index is -0.588. The number of rotatable bonds is 6. The topological polar surface area (TPSA) is 63.2 Å². The van der Waals surface area contributed by atoms with E-state index in [2.05, 4.69) is 31.5 Å². The molecule has 1 aromatic carbocycles. The Hall–Kier alpha value is -1.70. The molecule has 8 heteroatoms. The maximum absolute atomic E-state index is 13.3. The fourth-order valence-electron chi connectivity index (χ4n) is 1.87. The van der Waals surface area contributed by atoms with Crippen molar-refractivity contribution in [3.8, 4) is 0 Å². The Kier molecular flexibility index (Phi) is 6.96. The maximum atomic E-state index is 13.3. The van der Waals surface area contributed by atoms with E-state index in [0.29, 0.717) is 24.5 Å². The van der Waals surface area contributed by atoms with Gasteiger partial charge in [0, 0.05) is 23.8 Å². The minimum Gasteiger partial charge on any atom is -0.448 e. The molecule has 0 radical (unpaired) electrons. The summed E-state index contributed by atoms with van der Waals surface area (Å²) in [6.45, 7) is 2.85. The SMILES string of the molecule is Cc1cc(NC(=O)OCCNCc2cccc(F)c2Cl)ncc1Br. The number of benzene rings is 1. The lowest BCUT2D eigenvalue weighted by molar-refractivity contribution is 0.162. The summed E-state index contributed by atoms with van der Waals surface area (Å²) in [4.78, 5) is 15.7. The molecule has 0 unspecified atom stereocenters. The van der Waals surface area contributed by atoms with Crippen molar-refractivity contribution in [2.45, 2.75) is 13.5 Å². The molecule has 0 aliphatic rings. The molecule has 0 fully saturated rings. The largest absolute Gasteiger partial charge is 0.448 e. The number of carbonyl (C=O) groups excluding carboxylic acids is 1. The van der Waals surface area contributed by atoms with Crippen molar-refractivity contribution in [2.24, 2.45) is 0 Å². The molecule has 0 saturated heterocycles. The number of nitrogens with zero attached hydrogens (tertiary/aromatic N) is 1. The second-order valence-corrected chi connectivity index (χ2v) is 6.20. The van der Waals surface area contributed by atoms with Crippen LogP contribution in [0.4, 0.5) is 15.0 Å². The molecule has 24 heavy (non-hydrogen) atoms. The van der Waals surface area contributed by atoms with E-state index in [1.165, 1.54) is 6.07 Å². The molecule has 0 bridgehead atoms. The molecule has 128 valence electrons. The van der Waals surface area contributed by atoms with Crippen LogP contribution in [0.2, 0.25) is 5.02 Å². The number of carbonyl (C=O) groups is 1. The summed E-state index contributed by atoms with van der Waals surface area (Å²) in [6.07, 6.45) is 1.02. The Morgan fingerprint density at radius 2 is 2.25 bits per heavy atom. The van der Waals surface area contributed by atoms with Crippen molar-refractivity contribution in [1.29, 1.82) is 0 Å². The lowest BCUT2D eigenvalue weighted by Gasteiger charge is -2.09. The first-order chi connectivity index (χ1) is 11.5. The van der Waals surface area contributed by atoms with Crippen LogP contribution < -0.4 is 10.6 Å². The smallest absolute Gasteiger partial charge is 0.412 e. The first-order valence-corrected chi connectivity index (χ1v) is 8.34. The highest BCUT2D eigenvalue weighted by molar-refractivity contribution is 9.10. The standard InChI is InChI=1S/C16H16BrClFN3O2/c1-10-7-14(21-9-12(10)17)22-16(23)24-6-5-20-8-11-3-2-4-13(19)15(11)18/h2-4,7,9,20H,5-6,8H2,1H3,(H,21,22,23). The van der Waals surface area contributed by atoms with Gasteiger partial charge in [-0.25, -0.2) is 14.2 Å². The first-order valence-electron chi connectivity index (χ1n) is 7.17. The third-order valence-electron chi connectivity index (χ3n) is 3.14. The fourth-order valence-corrected chi connectivity index (χ4v) is 2.28. The normalized spacial score (nSPS) is 10.5. The number of hydrogen-bond acceptors (Lipinski definition) is 4. The second kappa shape index (κ2) is 8.96. The van der Waals surface area contributed by atoms with Gasteiger partial charge in [0.05, 0.1) is 5.02 Å². The van der Waals surface area contributed by atoms with Gasteiger partial charge in [-0.2, -0.15) is 0 Å². The number of hydrogen-bond donors (Lipinski definition) is 2. The predicted molar refractivity (Wildman–Crippen MR) is 94.8 cm³/mol. The Balaban J connectivity index is 1.69. The number of aryl methyl sites for hydroxylation is 1. The third-order valence-corrected chi connectivity index (χ3v) is 4.39. The Labute approximate surface area is 152 Å². The molecule has 2 N–H and O–H groups in total. The summed E-state index contributed by atoms with van der Waals surface area (Å²) in [5.41, 5.74) is 1.60. The zero-order chi connectivity index (χ0) is 17.5. The molecular formula is C16H16BrClFN3O2. The van der Waals surface area contributed by atoms with E-state index < -0.39 is 11.9 Å². The summed E-state index contributed by atoms with van der Waals surface area (Å²) in [7, 11) is 0. The molecule has 0 aliphatic heterocycles. The van der Waals surface area contributed by atoms with Gasteiger partial charge in [-0.15, -0.1) is 0 Å². The lowest BCUT2D eigenvalue weighted by Crippen LogP contribution is -2.23. The van der Waals surface area contributed by atoms with Crippen LogP contribution in [0.1, 0.15) is 11.1 Å². The summed E-state index contributed by atoms with van der Waals surface area (Å²) in [5, 5.41) is 5.67. The van der Waals surface area contributed by atoms with Crippen LogP contribution in [-0.2, 0) is 11.3 Å². The summed E-state index contributed by atoms with van der Waals surface area (Å²) >= 11 is 9.19. The average molecular weight is 417 g/mol. The van der Waals surface area contributed by atoms with Gasteiger partial charge in [-0.1, -0.05) is 23.7 Å². The summed E-state index contributed by atoms with van der Waals surface area (Å²) in [5.74, 6) is -0.0379. The van der Waals surface area contributed by atoms with Crippen molar-refractivity contribution in [2.75, 3.05) is 18.5 Å². The Bertz CT molecular complexity index is 730. The van der Waals surface area contributed by atoms with E-state index in [-0.39, 0.29) is 11.6 Å². The van der Waals surface area contributed by atoms with Gasteiger partial charge in [-0.3, -0.25) is 5.32 Å². The van der Waals surface area contributed by atoms with E-state index in [1.54, 1.807) is 24.4 Å². The predicted octanol–water partition coefficient (Wildman–Crippen LogP) is 4.28. The highest BCUT2D eigenvalue weighted by atomic mass is 79.9. The van der Waals surface area contributed by atoms with E-state index in [9.17, 15) is 9.18 Å². The van der Waals surface area contributed by atoms with Gasteiger partial charge in [0.2, 0.25) is 0 Å². The van der Waals surface area contributed by atoms with E-state index in [4.69, 9.17) is 16.3 Å². The molecule has 1 heterocycles. The number of nitrogens with one attached hydrogen (secondary N) is 2. The van der Waals surface area contributed by atoms with Crippen LogP contribution in [0.5, 0.6) is 0 Å².